The minimum Gasteiger partial charge on any atom is -0.351 e. The molecule has 0 aliphatic heterocycles. The number of aromatic nitrogens is 1. The summed E-state index contributed by atoms with van der Waals surface area (Å²) in [7, 11) is 0. The third-order valence-corrected chi connectivity index (χ3v) is 3.82. The first-order valence-corrected chi connectivity index (χ1v) is 7.94. The van der Waals surface area contributed by atoms with Gasteiger partial charge in [0.1, 0.15) is 10.7 Å². The van der Waals surface area contributed by atoms with Gasteiger partial charge in [-0.3, -0.25) is 4.79 Å². The molecule has 1 aromatic rings. The van der Waals surface area contributed by atoms with Crippen LogP contribution in [-0.2, 0) is 6.54 Å². The zero-order chi connectivity index (χ0) is 14.1. The van der Waals surface area contributed by atoms with Gasteiger partial charge in [-0.05, 0) is 12.3 Å². The van der Waals surface area contributed by atoms with Gasteiger partial charge < -0.3 is 11.1 Å². The second-order valence-electron chi connectivity index (χ2n) is 5.18. The number of amides is 1. The number of rotatable bonds is 9. The fraction of sp³-hybridized carbons (Fsp3) is 0.714. The van der Waals surface area contributed by atoms with Crippen LogP contribution in [0.5, 0.6) is 0 Å². The Morgan fingerprint density at radius 3 is 2.74 bits per heavy atom. The van der Waals surface area contributed by atoms with Crippen LogP contribution >= 0.6 is 11.3 Å². The molecule has 0 radical (unpaired) electrons. The molecule has 0 aromatic carbocycles. The fourth-order valence-corrected chi connectivity index (χ4v) is 2.49. The molecular formula is C14H25N3OS. The largest absolute Gasteiger partial charge is 0.351 e. The van der Waals surface area contributed by atoms with Gasteiger partial charge in [-0.2, -0.15) is 0 Å². The molecule has 0 fully saturated rings. The molecule has 1 amide bonds. The van der Waals surface area contributed by atoms with E-state index in [0.717, 1.165) is 23.9 Å². The molecule has 0 atom stereocenters. The van der Waals surface area contributed by atoms with E-state index in [4.69, 9.17) is 5.73 Å². The molecule has 0 unspecified atom stereocenters. The minimum absolute atomic E-state index is 0.0851. The van der Waals surface area contributed by atoms with E-state index in [-0.39, 0.29) is 5.91 Å². The van der Waals surface area contributed by atoms with Crippen molar-refractivity contribution in [1.29, 1.82) is 0 Å². The lowest BCUT2D eigenvalue weighted by molar-refractivity contribution is 0.0948. The van der Waals surface area contributed by atoms with Crippen LogP contribution in [-0.4, -0.2) is 17.4 Å². The first-order chi connectivity index (χ1) is 9.13. The summed E-state index contributed by atoms with van der Waals surface area (Å²) in [6, 6.07) is 0. The SMILES string of the molecule is CC(C)CCCCCCNC(=O)c1csc(CN)n1. The minimum atomic E-state index is -0.0851. The Labute approximate surface area is 119 Å². The average molecular weight is 283 g/mol. The van der Waals surface area contributed by atoms with E-state index >= 15 is 0 Å². The number of nitrogens with one attached hydrogen (secondary N) is 1. The van der Waals surface area contributed by atoms with Crippen LogP contribution in [0.1, 0.15) is 61.4 Å². The van der Waals surface area contributed by atoms with Gasteiger partial charge in [-0.15, -0.1) is 11.3 Å². The Kier molecular flexibility index (Phi) is 7.67. The zero-order valence-electron chi connectivity index (χ0n) is 11.9. The van der Waals surface area contributed by atoms with Crippen molar-refractivity contribution in [1.82, 2.24) is 10.3 Å². The van der Waals surface area contributed by atoms with Gasteiger partial charge in [0, 0.05) is 18.5 Å². The Bertz CT molecular complexity index is 377. The first kappa shape index (κ1) is 16.1. The van der Waals surface area contributed by atoms with Crippen LogP contribution in [0.3, 0.4) is 0 Å². The lowest BCUT2D eigenvalue weighted by Gasteiger charge is -2.05. The highest BCUT2D eigenvalue weighted by Crippen LogP contribution is 2.10. The van der Waals surface area contributed by atoms with Crippen molar-refractivity contribution in [3.8, 4) is 0 Å². The van der Waals surface area contributed by atoms with Crippen LogP contribution in [0.15, 0.2) is 5.38 Å². The number of hydrogen-bond donors (Lipinski definition) is 2. The van der Waals surface area contributed by atoms with Crippen LogP contribution in [0, 0.1) is 5.92 Å². The van der Waals surface area contributed by atoms with Crippen molar-refractivity contribution in [2.45, 2.75) is 52.5 Å². The van der Waals surface area contributed by atoms with Crippen molar-refractivity contribution in [3.05, 3.63) is 16.1 Å². The number of carbonyl (C=O) groups excluding carboxylic acids is 1. The van der Waals surface area contributed by atoms with Crippen molar-refractivity contribution in [2.75, 3.05) is 6.54 Å². The summed E-state index contributed by atoms with van der Waals surface area (Å²) in [5.74, 6) is 0.708. The van der Waals surface area contributed by atoms with Gasteiger partial charge in [0.25, 0.3) is 5.91 Å². The van der Waals surface area contributed by atoms with E-state index in [0.29, 0.717) is 12.2 Å². The number of thiazole rings is 1. The zero-order valence-corrected chi connectivity index (χ0v) is 12.8. The predicted octanol–water partition coefficient (Wildman–Crippen LogP) is 2.94. The maximum Gasteiger partial charge on any atom is 0.270 e. The highest BCUT2D eigenvalue weighted by molar-refractivity contribution is 7.09. The quantitative estimate of drug-likeness (QED) is 0.685. The second kappa shape index (κ2) is 9.04. The van der Waals surface area contributed by atoms with E-state index < -0.39 is 0 Å². The lowest BCUT2D eigenvalue weighted by Crippen LogP contribution is -2.24. The molecule has 0 aliphatic carbocycles. The molecule has 19 heavy (non-hydrogen) atoms. The van der Waals surface area contributed by atoms with Crippen molar-refractivity contribution >= 4 is 17.2 Å². The van der Waals surface area contributed by atoms with Gasteiger partial charge in [0.15, 0.2) is 0 Å². The summed E-state index contributed by atoms with van der Waals surface area (Å²) in [4.78, 5) is 15.9. The van der Waals surface area contributed by atoms with Crippen molar-refractivity contribution in [3.63, 3.8) is 0 Å². The molecule has 1 rings (SSSR count). The standard InChI is InChI=1S/C14H25N3OS/c1-11(2)7-5-3-4-6-8-16-14(18)12-10-19-13(9-15)17-12/h10-11H,3-9,15H2,1-2H3,(H,16,18). The Morgan fingerprint density at radius 1 is 1.37 bits per heavy atom. The van der Waals surface area contributed by atoms with Crippen LogP contribution in [0.4, 0.5) is 0 Å². The number of nitrogens with zero attached hydrogens (tertiary/aromatic N) is 1. The van der Waals surface area contributed by atoms with Gasteiger partial charge in [0.05, 0.1) is 0 Å². The molecule has 0 saturated carbocycles. The van der Waals surface area contributed by atoms with Gasteiger partial charge >= 0.3 is 0 Å². The van der Waals surface area contributed by atoms with Crippen LogP contribution < -0.4 is 11.1 Å². The molecule has 1 aromatic heterocycles. The summed E-state index contributed by atoms with van der Waals surface area (Å²) in [6.45, 7) is 5.64. The Hall–Kier alpha value is -0.940. The lowest BCUT2D eigenvalue weighted by atomic mass is 10.0. The number of unbranched alkanes of at least 4 members (excludes halogenated alkanes) is 3. The summed E-state index contributed by atoms with van der Waals surface area (Å²) in [6.07, 6.45) is 6.06. The third-order valence-electron chi connectivity index (χ3n) is 2.95. The van der Waals surface area contributed by atoms with E-state index in [9.17, 15) is 4.79 Å². The Morgan fingerprint density at radius 2 is 2.11 bits per heavy atom. The van der Waals surface area contributed by atoms with E-state index in [2.05, 4.69) is 24.1 Å². The van der Waals surface area contributed by atoms with Gasteiger partial charge in [-0.1, -0.05) is 39.5 Å². The van der Waals surface area contributed by atoms with Gasteiger partial charge in [-0.25, -0.2) is 4.98 Å². The highest BCUT2D eigenvalue weighted by atomic mass is 32.1. The molecule has 0 spiro atoms. The fourth-order valence-electron chi connectivity index (χ4n) is 1.83. The molecule has 0 saturated heterocycles. The average Bonchev–Trinajstić information content (AvgIpc) is 2.85. The maximum absolute atomic E-state index is 11.7. The first-order valence-electron chi connectivity index (χ1n) is 7.06. The van der Waals surface area contributed by atoms with Crippen LogP contribution in [0.2, 0.25) is 0 Å². The summed E-state index contributed by atoms with van der Waals surface area (Å²) in [5.41, 5.74) is 5.96. The van der Waals surface area contributed by atoms with Crippen molar-refractivity contribution in [2.24, 2.45) is 11.7 Å². The highest BCUT2D eigenvalue weighted by Gasteiger charge is 2.08. The third kappa shape index (κ3) is 6.68. The number of hydrogen-bond acceptors (Lipinski definition) is 4. The molecule has 3 N–H and O–H groups in total. The summed E-state index contributed by atoms with van der Waals surface area (Å²) >= 11 is 1.43. The maximum atomic E-state index is 11.7. The van der Waals surface area contributed by atoms with E-state index in [1.54, 1.807) is 5.38 Å². The predicted molar refractivity (Wildman–Crippen MR) is 80.3 cm³/mol. The summed E-state index contributed by atoms with van der Waals surface area (Å²) < 4.78 is 0. The molecule has 1 heterocycles. The Balaban J connectivity index is 2.07. The number of carbonyl (C=O) groups is 1. The molecular weight excluding hydrogens is 258 g/mol. The van der Waals surface area contributed by atoms with Crippen LogP contribution in [0.25, 0.3) is 0 Å². The monoisotopic (exact) mass is 283 g/mol. The van der Waals surface area contributed by atoms with Gasteiger partial charge in [0.2, 0.25) is 0 Å². The van der Waals surface area contributed by atoms with E-state index in [1.165, 1.54) is 37.0 Å². The smallest absolute Gasteiger partial charge is 0.270 e. The normalized spacial score (nSPS) is 10.9. The molecule has 0 aliphatic rings. The molecule has 0 bridgehead atoms. The van der Waals surface area contributed by atoms with E-state index in [1.807, 2.05) is 0 Å². The topological polar surface area (TPSA) is 68.0 Å². The molecule has 108 valence electrons. The summed E-state index contributed by atoms with van der Waals surface area (Å²) in [5, 5.41) is 5.47. The number of nitrogens with two attached hydrogens (primary N) is 1. The second-order valence-corrected chi connectivity index (χ2v) is 6.13. The van der Waals surface area contributed by atoms with Crippen molar-refractivity contribution < 1.29 is 4.79 Å². The molecule has 5 heteroatoms. The molecule has 4 nitrogen and oxygen atoms in total.